The maximum atomic E-state index is 3.55. The molecule has 2 nitrogen and oxygen atoms in total. The Morgan fingerprint density at radius 2 is 2.29 bits per heavy atom. The molecule has 1 aromatic rings. The Bertz CT molecular complexity index is 293. The number of hydrogen-bond acceptors (Lipinski definition) is 3. The van der Waals surface area contributed by atoms with E-state index in [1.165, 1.54) is 38.0 Å². The molecule has 0 unspecified atom stereocenters. The van der Waals surface area contributed by atoms with Gasteiger partial charge in [-0.15, -0.1) is 0 Å². The van der Waals surface area contributed by atoms with Gasteiger partial charge >= 0.3 is 0 Å². The van der Waals surface area contributed by atoms with Crippen LogP contribution < -0.4 is 5.32 Å². The van der Waals surface area contributed by atoms with Crippen LogP contribution in [0.1, 0.15) is 25.3 Å². The van der Waals surface area contributed by atoms with Crippen LogP contribution in [0.2, 0.25) is 0 Å². The summed E-state index contributed by atoms with van der Waals surface area (Å²) in [5.74, 6) is 1.01. The van der Waals surface area contributed by atoms with E-state index in [1.807, 2.05) is 0 Å². The fraction of sp³-hybridized carbons (Fsp3) is 0.714. The SMILES string of the molecule is CCN(CCNCCc1ccsc1)CC1CC1. The molecule has 3 heteroatoms. The van der Waals surface area contributed by atoms with Gasteiger partial charge in [-0.25, -0.2) is 0 Å². The molecular weight excluding hydrogens is 228 g/mol. The van der Waals surface area contributed by atoms with Crippen LogP contribution in [0.25, 0.3) is 0 Å². The summed E-state index contributed by atoms with van der Waals surface area (Å²) in [6.45, 7) is 8.23. The molecule has 1 N–H and O–H groups in total. The van der Waals surface area contributed by atoms with Gasteiger partial charge in [0.2, 0.25) is 0 Å². The summed E-state index contributed by atoms with van der Waals surface area (Å²) in [5.41, 5.74) is 1.47. The van der Waals surface area contributed by atoms with Gasteiger partial charge in [0.05, 0.1) is 0 Å². The zero-order valence-electron chi connectivity index (χ0n) is 10.8. The number of likely N-dealkylation sites (N-methyl/N-ethyl adjacent to an activating group) is 1. The van der Waals surface area contributed by atoms with Gasteiger partial charge in [-0.1, -0.05) is 6.92 Å². The summed E-state index contributed by atoms with van der Waals surface area (Å²) in [7, 11) is 0. The number of nitrogens with zero attached hydrogens (tertiary/aromatic N) is 1. The Morgan fingerprint density at radius 1 is 1.41 bits per heavy atom. The van der Waals surface area contributed by atoms with Crippen molar-refractivity contribution in [3.8, 4) is 0 Å². The molecule has 1 heterocycles. The predicted molar refractivity (Wildman–Crippen MR) is 75.7 cm³/mol. The lowest BCUT2D eigenvalue weighted by atomic mass is 10.2. The van der Waals surface area contributed by atoms with Crippen molar-refractivity contribution in [2.24, 2.45) is 5.92 Å². The third kappa shape index (κ3) is 5.19. The van der Waals surface area contributed by atoms with E-state index in [4.69, 9.17) is 0 Å². The molecule has 2 rings (SSSR count). The second-order valence-corrected chi connectivity index (χ2v) is 5.75. The zero-order valence-corrected chi connectivity index (χ0v) is 11.6. The van der Waals surface area contributed by atoms with Crippen molar-refractivity contribution < 1.29 is 0 Å². The standard InChI is InChI=1S/C14H24N2S/c1-2-16(11-13-3-4-13)9-8-15-7-5-14-6-10-17-12-14/h6,10,12-13,15H,2-5,7-9,11H2,1H3. The largest absolute Gasteiger partial charge is 0.315 e. The number of thiophene rings is 1. The van der Waals surface area contributed by atoms with Crippen molar-refractivity contribution >= 4 is 11.3 Å². The first-order valence-electron chi connectivity index (χ1n) is 6.82. The highest BCUT2D eigenvalue weighted by Crippen LogP contribution is 2.29. The van der Waals surface area contributed by atoms with Crippen molar-refractivity contribution in [2.45, 2.75) is 26.2 Å². The molecule has 0 saturated heterocycles. The van der Waals surface area contributed by atoms with Gasteiger partial charge in [-0.05, 0) is 60.7 Å². The minimum atomic E-state index is 1.01. The Labute approximate surface area is 109 Å². The molecule has 0 radical (unpaired) electrons. The summed E-state index contributed by atoms with van der Waals surface area (Å²) in [6, 6.07) is 2.22. The second kappa shape index (κ2) is 7.14. The topological polar surface area (TPSA) is 15.3 Å². The molecule has 17 heavy (non-hydrogen) atoms. The van der Waals surface area contributed by atoms with Crippen LogP contribution in [-0.2, 0) is 6.42 Å². The normalized spacial score (nSPS) is 15.6. The van der Waals surface area contributed by atoms with E-state index in [1.54, 1.807) is 11.3 Å². The van der Waals surface area contributed by atoms with Crippen LogP contribution in [0.3, 0.4) is 0 Å². The first kappa shape index (κ1) is 13.1. The van der Waals surface area contributed by atoms with Gasteiger partial charge in [0, 0.05) is 19.6 Å². The van der Waals surface area contributed by atoms with Gasteiger partial charge in [-0.3, -0.25) is 0 Å². The molecule has 96 valence electrons. The summed E-state index contributed by atoms with van der Waals surface area (Å²) >= 11 is 1.79. The summed E-state index contributed by atoms with van der Waals surface area (Å²) < 4.78 is 0. The third-order valence-corrected chi connectivity index (χ3v) is 4.17. The van der Waals surface area contributed by atoms with Crippen molar-refractivity contribution in [3.63, 3.8) is 0 Å². The lowest BCUT2D eigenvalue weighted by Gasteiger charge is -2.20. The quantitative estimate of drug-likeness (QED) is 0.680. The van der Waals surface area contributed by atoms with E-state index >= 15 is 0 Å². The first-order chi connectivity index (χ1) is 8.38. The van der Waals surface area contributed by atoms with Crippen LogP contribution >= 0.6 is 11.3 Å². The van der Waals surface area contributed by atoms with E-state index in [2.05, 4.69) is 34.0 Å². The minimum absolute atomic E-state index is 1.01. The van der Waals surface area contributed by atoms with Crippen molar-refractivity contribution in [1.29, 1.82) is 0 Å². The molecule has 1 aliphatic carbocycles. The van der Waals surface area contributed by atoms with Crippen molar-refractivity contribution in [3.05, 3.63) is 22.4 Å². The van der Waals surface area contributed by atoms with E-state index in [9.17, 15) is 0 Å². The molecule has 0 atom stereocenters. The first-order valence-corrected chi connectivity index (χ1v) is 7.77. The third-order valence-electron chi connectivity index (χ3n) is 3.44. The van der Waals surface area contributed by atoms with Gasteiger partial charge < -0.3 is 10.2 Å². The molecule has 1 saturated carbocycles. The fourth-order valence-electron chi connectivity index (χ4n) is 2.07. The number of hydrogen-bond donors (Lipinski definition) is 1. The van der Waals surface area contributed by atoms with Gasteiger partial charge in [0.25, 0.3) is 0 Å². The van der Waals surface area contributed by atoms with E-state index in [0.29, 0.717) is 0 Å². The maximum absolute atomic E-state index is 3.55. The molecule has 0 aromatic carbocycles. The number of nitrogens with one attached hydrogen (secondary N) is 1. The van der Waals surface area contributed by atoms with Crippen molar-refractivity contribution in [2.75, 3.05) is 32.7 Å². The van der Waals surface area contributed by atoms with E-state index in [-0.39, 0.29) is 0 Å². The predicted octanol–water partition coefficient (Wildman–Crippen LogP) is 2.61. The molecule has 1 aliphatic rings. The monoisotopic (exact) mass is 252 g/mol. The zero-order chi connectivity index (χ0) is 11.9. The molecule has 0 bridgehead atoms. The summed E-state index contributed by atoms with van der Waals surface area (Å²) in [6.07, 6.45) is 4.09. The minimum Gasteiger partial charge on any atom is -0.315 e. The van der Waals surface area contributed by atoms with Crippen LogP contribution in [-0.4, -0.2) is 37.6 Å². The summed E-state index contributed by atoms with van der Waals surface area (Å²) in [5, 5.41) is 7.94. The van der Waals surface area contributed by atoms with Crippen LogP contribution in [0.5, 0.6) is 0 Å². The fourth-order valence-corrected chi connectivity index (χ4v) is 2.78. The van der Waals surface area contributed by atoms with Crippen LogP contribution in [0.4, 0.5) is 0 Å². The molecule has 0 aliphatic heterocycles. The van der Waals surface area contributed by atoms with E-state index < -0.39 is 0 Å². The van der Waals surface area contributed by atoms with E-state index in [0.717, 1.165) is 25.4 Å². The second-order valence-electron chi connectivity index (χ2n) is 4.97. The number of rotatable bonds is 9. The lowest BCUT2D eigenvalue weighted by molar-refractivity contribution is 0.276. The van der Waals surface area contributed by atoms with Crippen LogP contribution in [0, 0.1) is 5.92 Å². The Kier molecular flexibility index (Phi) is 5.49. The molecular formula is C14H24N2S. The Morgan fingerprint density at radius 3 is 2.94 bits per heavy atom. The molecule has 1 aromatic heterocycles. The highest BCUT2D eigenvalue weighted by Gasteiger charge is 2.23. The van der Waals surface area contributed by atoms with Gasteiger partial charge in [-0.2, -0.15) is 11.3 Å². The maximum Gasteiger partial charge on any atom is 0.0107 e. The lowest BCUT2D eigenvalue weighted by Crippen LogP contribution is -2.34. The Balaban J connectivity index is 1.49. The van der Waals surface area contributed by atoms with Gasteiger partial charge in [0.15, 0.2) is 0 Å². The van der Waals surface area contributed by atoms with Crippen LogP contribution in [0.15, 0.2) is 16.8 Å². The average molecular weight is 252 g/mol. The average Bonchev–Trinajstić information content (AvgIpc) is 3.01. The highest BCUT2D eigenvalue weighted by atomic mass is 32.1. The smallest absolute Gasteiger partial charge is 0.0107 e. The highest BCUT2D eigenvalue weighted by molar-refractivity contribution is 7.07. The summed E-state index contributed by atoms with van der Waals surface area (Å²) in [4.78, 5) is 2.58. The molecule has 1 fully saturated rings. The van der Waals surface area contributed by atoms with Gasteiger partial charge in [0.1, 0.15) is 0 Å². The molecule has 0 spiro atoms. The van der Waals surface area contributed by atoms with Crippen molar-refractivity contribution in [1.82, 2.24) is 10.2 Å². The molecule has 0 amide bonds. The Hall–Kier alpha value is -0.380.